The highest BCUT2D eigenvalue weighted by molar-refractivity contribution is 7.71. The first-order chi connectivity index (χ1) is 7.76. The van der Waals surface area contributed by atoms with Crippen LogP contribution >= 0.6 is 12.2 Å². The van der Waals surface area contributed by atoms with Crippen LogP contribution in [0.4, 0.5) is 0 Å². The predicted molar refractivity (Wildman–Crippen MR) is 62.8 cm³/mol. The zero-order valence-electron chi connectivity index (χ0n) is 9.20. The number of aromatic nitrogens is 1. The van der Waals surface area contributed by atoms with E-state index in [1.54, 1.807) is 14.2 Å². The summed E-state index contributed by atoms with van der Waals surface area (Å²) in [4.78, 5) is 3.36. The third-order valence-electron chi connectivity index (χ3n) is 2.38. The molecule has 0 radical (unpaired) electrons. The van der Waals surface area contributed by atoms with Crippen LogP contribution < -0.4 is 0 Å². The van der Waals surface area contributed by atoms with E-state index in [-0.39, 0.29) is 0 Å². The van der Waals surface area contributed by atoms with Crippen molar-refractivity contribution in [2.75, 3.05) is 14.2 Å². The molecule has 0 aliphatic rings. The number of hydrogen-bond donors (Lipinski definition) is 1. The minimum absolute atomic E-state index is 0.377. The molecule has 86 valence electrons. The van der Waals surface area contributed by atoms with Crippen LogP contribution in [-0.2, 0) is 22.7 Å². The first-order valence-electron chi connectivity index (χ1n) is 4.87. The second kappa shape index (κ2) is 4.78. The van der Waals surface area contributed by atoms with Crippen LogP contribution in [0.3, 0.4) is 0 Å². The van der Waals surface area contributed by atoms with E-state index in [4.69, 9.17) is 26.1 Å². The van der Waals surface area contributed by atoms with Gasteiger partial charge in [0.1, 0.15) is 0 Å². The smallest absolute Gasteiger partial charge is 0.266 e. The summed E-state index contributed by atoms with van der Waals surface area (Å²) in [6.07, 6.45) is 0. The SMILES string of the molecule is COCc1ccc2[nH]c(=S)oc2c1COC. The van der Waals surface area contributed by atoms with E-state index in [1.165, 1.54) is 0 Å². The van der Waals surface area contributed by atoms with Crippen LogP contribution in [0.5, 0.6) is 0 Å². The quantitative estimate of drug-likeness (QED) is 0.833. The Morgan fingerprint density at radius 3 is 2.69 bits per heavy atom. The fourth-order valence-electron chi connectivity index (χ4n) is 1.71. The Morgan fingerprint density at radius 1 is 1.25 bits per heavy atom. The number of oxazole rings is 1. The molecular weight excluding hydrogens is 226 g/mol. The average Bonchev–Trinajstić information content (AvgIpc) is 2.63. The summed E-state index contributed by atoms with van der Waals surface area (Å²) in [5, 5.41) is 0. The topological polar surface area (TPSA) is 47.4 Å². The molecule has 1 N–H and O–H groups in total. The van der Waals surface area contributed by atoms with Gasteiger partial charge in [0.2, 0.25) is 0 Å². The molecule has 1 heterocycles. The van der Waals surface area contributed by atoms with Gasteiger partial charge < -0.3 is 18.9 Å². The van der Waals surface area contributed by atoms with E-state index < -0.39 is 0 Å². The van der Waals surface area contributed by atoms with Crippen molar-refractivity contribution in [3.63, 3.8) is 0 Å². The lowest BCUT2D eigenvalue weighted by molar-refractivity contribution is 0.168. The lowest BCUT2D eigenvalue weighted by Gasteiger charge is -2.07. The molecule has 0 amide bonds. The van der Waals surface area contributed by atoms with E-state index in [0.29, 0.717) is 18.1 Å². The van der Waals surface area contributed by atoms with Crippen LogP contribution in [0.25, 0.3) is 11.1 Å². The number of fused-ring (bicyclic) bond motifs is 1. The molecule has 0 aliphatic heterocycles. The molecule has 0 aliphatic carbocycles. The number of rotatable bonds is 4. The Balaban J connectivity index is 2.62. The summed E-state index contributed by atoms with van der Waals surface area (Å²) >= 11 is 4.97. The van der Waals surface area contributed by atoms with E-state index in [1.807, 2.05) is 12.1 Å². The summed E-state index contributed by atoms with van der Waals surface area (Å²) in [7, 11) is 3.31. The molecule has 0 saturated heterocycles. The number of methoxy groups -OCH3 is 2. The molecule has 1 aromatic carbocycles. The molecule has 0 saturated carbocycles. The summed E-state index contributed by atoms with van der Waals surface area (Å²) in [5.74, 6) is 0. The Bertz CT molecular complexity index is 544. The van der Waals surface area contributed by atoms with Gasteiger partial charge in [-0.1, -0.05) is 6.07 Å². The highest BCUT2D eigenvalue weighted by atomic mass is 32.1. The number of hydrogen-bond acceptors (Lipinski definition) is 4. The van der Waals surface area contributed by atoms with Gasteiger partial charge in [0.25, 0.3) is 4.84 Å². The van der Waals surface area contributed by atoms with Crippen LogP contribution in [0, 0.1) is 4.84 Å². The summed E-state index contributed by atoms with van der Waals surface area (Å²) in [6, 6.07) is 3.92. The van der Waals surface area contributed by atoms with E-state index >= 15 is 0 Å². The second-order valence-electron chi connectivity index (χ2n) is 3.46. The minimum atomic E-state index is 0.377. The average molecular weight is 239 g/mol. The van der Waals surface area contributed by atoms with Crippen LogP contribution in [0.1, 0.15) is 11.1 Å². The first-order valence-corrected chi connectivity index (χ1v) is 5.28. The van der Waals surface area contributed by atoms with Gasteiger partial charge in [0.05, 0.1) is 18.7 Å². The largest absolute Gasteiger partial charge is 0.429 e. The third kappa shape index (κ3) is 2.02. The maximum absolute atomic E-state index is 5.46. The van der Waals surface area contributed by atoms with Crippen molar-refractivity contribution in [1.29, 1.82) is 0 Å². The maximum atomic E-state index is 5.46. The highest BCUT2D eigenvalue weighted by Crippen LogP contribution is 2.23. The molecule has 0 fully saturated rings. The molecule has 4 nitrogen and oxygen atoms in total. The van der Waals surface area contributed by atoms with Gasteiger partial charge in [-0.25, -0.2) is 0 Å². The summed E-state index contributed by atoms with van der Waals surface area (Å²) in [6.45, 7) is 1.01. The van der Waals surface area contributed by atoms with Gasteiger partial charge >= 0.3 is 0 Å². The van der Waals surface area contributed by atoms with E-state index in [2.05, 4.69) is 4.98 Å². The number of benzene rings is 1. The molecular formula is C11H13NO3S. The molecule has 0 spiro atoms. The van der Waals surface area contributed by atoms with Crippen molar-refractivity contribution in [3.8, 4) is 0 Å². The monoisotopic (exact) mass is 239 g/mol. The van der Waals surface area contributed by atoms with Gasteiger partial charge in [0, 0.05) is 19.8 Å². The number of ether oxygens (including phenoxy) is 2. The Labute approximate surface area is 98.2 Å². The fraction of sp³-hybridized carbons (Fsp3) is 0.364. The molecule has 2 aromatic rings. The molecule has 2 rings (SSSR count). The zero-order valence-corrected chi connectivity index (χ0v) is 10.0. The van der Waals surface area contributed by atoms with Gasteiger partial charge in [-0.15, -0.1) is 0 Å². The fourth-order valence-corrected chi connectivity index (χ4v) is 1.90. The summed E-state index contributed by atoms with van der Waals surface area (Å²) < 4.78 is 15.8. The zero-order chi connectivity index (χ0) is 11.5. The molecule has 0 atom stereocenters. The van der Waals surface area contributed by atoms with E-state index in [9.17, 15) is 0 Å². The van der Waals surface area contributed by atoms with Crippen molar-refractivity contribution in [2.24, 2.45) is 0 Å². The Morgan fingerprint density at radius 2 is 2.00 bits per heavy atom. The minimum Gasteiger partial charge on any atom is -0.429 e. The van der Waals surface area contributed by atoms with E-state index in [0.717, 1.165) is 22.2 Å². The van der Waals surface area contributed by atoms with Gasteiger partial charge in [-0.3, -0.25) is 0 Å². The highest BCUT2D eigenvalue weighted by Gasteiger charge is 2.11. The van der Waals surface area contributed by atoms with Crippen molar-refractivity contribution in [1.82, 2.24) is 4.98 Å². The summed E-state index contributed by atoms with van der Waals surface area (Å²) in [5.41, 5.74) is 3.67. The number of nitrogens with one attached hydrogen (secondary N) is 1. The molecule has 16 heavy (non-hydrogen) atoms. The van der Waals surface area contributed by atoms with Crippen LogP contribution in [0.2, 0.25) is 0 Å². The normalized spacial score (nSPS) is 11.1. The van der Waals surface area contributed by atoms with Crippen molar-refractivity contribution >= 4 is 23.3 Å². The van der Waals surface area contributed by atoms with Gasteiger partial charge in [0.15, 0.2) is 5.58 Å². The number of H-pyrrole nitrogens is 1. The van der Waals surface area contributed by atoms with Gasteiger partial charge in [-0.2, -0.15) is 0 Å². The third-order valence-corrected chi connectivity index (χ3v) is 2.56. The van der Waals surface area contributed by atoms with Crippen molar-refractivity contribution in [2.45, 2.75) is 13.2 Å². The van der Waals surface area contributed by atoms with Crippen LogP contribution in [-0.4, -0.2) is 19.2 Å². The Hall–Kier alpha value is -1.17. The Kier molecular flexibility index (Phi) is 3.38. The molecule has 0 unspecified atom stereocenters. The van der Waals surface area contributed by atoms with Crippen molar-refractivity contribution < 1.29 is 13.9 Å². The van der Waals surface area contributed by atoms with Gasteiger partial charge in [-0.05, 0) is 23.8 Å². The molecule has 0 bridgehead atoms. The standard InChI is InChI=1S/C11H13NO3S/c1-13-5-7-3-4-9-10(8(7)6-14-2)15-11(16)12-9/h3-4H,5-6H2,1-2H3,(H,12,16). The lowest BCUT2D eigenvalue weighted by atomic mass is 10.1. The maximum Gasteiger partial charge on any atom is 0.266 e. The lowest BCUT2D eigenvalue weighted by Crippen LogP contribution is -1.98. The predicted octanol–water partition coefficient (Wildman–Crippen LogP) is 2.78. The van der Waals surface area contributed by atoms with Crippen molar-refractivity contribution in [3.05, 3.63) is 28.1 Å². The molecule has 5 heteroatoms. The number of aromatic amines is 1. The second-order valence-corrected chi connectivity index (χ2v) is 3.83. The molecule has 1 aromatic heterocycles. The van der Waals surface area contributed by atoms with Crippen LogP contribution in [0.15, 0.2) is 16.5 Å². The first kappa shape index (κ1) is 11.3.